The summed E-state index contributed by atoms with van der Waals surface area (Å²) in [5.74, 6) is -2.87. The molecule has 0 aliphatic carbocycles. The molecule has 0 spiro atoms. The second-order valence-electron chi connectivity index (χ2n) is 13.9. The maximum atomic E-state index is 14.1. The molecule has 2 heterocycles. The first-order valence-electron chi connectivity index (χ1n) is 18.8. The van der Waals surface area contributed by atoms with Gasteiger partial charge in [-0.05, 0) is 86.1 Å². The molecule has 4 atom stereocenters. The number of aryl methyl sites for hydroxylation is 1. The Morgan fingerprint density at radius 2 is 1.07 bits per heavy atom. The van der Waals surface area contributed by atoms with Crippen LogP contribution in [0.15, 0.2) is 85.2 Å². The number of phenols is 1. The van der Waals surface area contributed by atoms with E-state index in [-0.39, 0.29) is 56.9 Å². The second kappa shape index (κ2) is 19.9. The number of carbonyl (C=O) groups is 5. The number of benzene rings is 3. The first-order valence-corrected chi connectivity index (χ1v) is 18.8. The topological polar surface area (TPSA) is 263 Å². The van der Waals surface area contributed by atoms with E-state index in [9.17, 15) is 29.1 Å². The number of rotatable bonds is 21. The van der Waals surface area contributed by atoms with Gasteiger partial charge in [-0.2, -0.15) is 0 Å². The molecule has 0 saturated heterocycles. The van der Waals surface area contributed by atoms with Crippen molar-refractivity contribution in [3.8, 4) is 5.75 Å². The Morgan fingerprint density at radius 1 is 0.607 bits per heavy atom. The summed E-state index contributed by atoms with van der Waals surface area (Å²) in [4.78, 5) is 73.9. The third-order valence-electron chi connectivity index (χ3n) is 9.75. The van der Waals surface area contributed by atoms with Gasteiger partial charge >= 0.3 is 0 Å². The van der Waals surface area contributed by atoms with Crippen LogP contribution in [-0.4, -0.2) is 81.9 Å². The van der Waals surface area contributed by atoms with Gasteiger partial charge in [0.1, 0.15) is 29.9 Å². The zero-order valence-corrected chi connectivity index (χ0v) is 31.2. The standard InChI is InChI=1S/C41H51N9O6/c42-19-5-11-33(47-37(52)18-15-25-13-16-28(51)17-14-25)39(54)48-34(12-6-20-43)40(55)50-36(22-27-24-46-32-10-4-2-8-30(27)32)41(56)49-35(38(44)53)21-26-23-45-31-9-3-1-7-29(26)31/h1-4,7-10,13-14,16-17,23-24,33-36,45-46,51H,5-6,11-12,15,18-22,42-43H2,(H2,44,53)(H,47,52)(H,48,54)(H,49,56)(H,50,55)/t33-,34-,35-,36-/m0/s1. The van der Waals surface area contributed by atoms with Gasteiger partial charge < -0.3 is 53.5 Å². The Morgan fingerprint density at radius 3 is 1.61 bits per heavy atom. The summed E-state index contributed by atoms with van der Waals surface area (Å²) in [5.41, 5.74) is 21.4. The minimum Gasteiger partial charge on any atom is -0.508 e. The molecule has 56 heavy (non-hydrogen) atoms. The van der Waals surface area contributed by atoms with Crippen LogP contribution in [0.5, 0.6) is 5.75 Å². The monoisotopic (exact) mass is 765 g/mol. The first-order chi connectivity index (χ1) is 27.1. The highest BCUT2D eigenvalue weighted by molar-refractivity contribution is 5.96. The number of phenolic OH excluding ortho intramolecular Hbond substituents is 1. The van der Waals surface area contributed by atoms with E-state index in [4.69, 9.17) is 17.2 Å². The number of nitrogens with one attached hydrogen (secondary N) is 6. The van der Waals surface area contributed by atoms with Gasteiger partial charge in [0.15, 0.2) is 0 Å². The van der Waals surface area contributed by atoms with E-state index >= 15 is 0 Å². The predicted molar refractivity (Wildman–Crippen MR) is 214 cm³/mol. The number of hydrogen-bond donors (Lipinski definition) is 10. The maximum absolute atomic E-state index is 14.1. The molecular formula is C41H51N9O6. The normalized spacial score (nSPS) is 13.4. The summed E-state index contributed by atoms with van der Waals surface area (Å²) >= 11 is 0. The zero-order chi connectivity index (χ0) is 40.0. The van der Waals surface area contributed by atoms with Crippen molar-refractivity contribution in [2.75, 3.05) is 13.1 Å². The summed E-state index contributed by atoms with van der Waals surface area (Å²) in [6.45, 7) is 0.513. The summed E-state index contributed by atoms with van der Waals surface area (Å²) in [6.07, 6.45) is 5.35. The van der Waals surface area contributed by atoms with Gasteiger partial charge in [0.05, 0.1) is 0 Å². The number of hydrogen-bond acceptors (Lipinski definition) is 8. The smallest absolute Gasteiger partial charge is 0.243 e. The van der Waals surface area contributed by atoms with Crippen molar-refractivity contribution in [2.24, 2.45) is 17.2 Å². The molecule has 0 fully saturated rings. The van der Waals surface area contributed by atoms with Gasteiger partial charge in [-0.25, -0.2) is 0 Å². The second-order valence-corrected chi connectivity index (χ2v) is 13.9. The SMILES string of the molecule is NCCC[C@H](NC(=O)CCc1ccc(O)cc1)C(=O)N[C@@H](CCCN)C(=O)N[C@@H](Cc1c[nH]c2ccccc12)C(=O)N[C@@H](Cc1c[nH]c2ccccc12)C(N)=O. The molecule has 0 aliphatic rings. The summed E-state index contributed by atoms with van der Waals surface area (Å²) in [7, 11) is 0. The highest BCUT2D eigenvalue weighted by Gasteiger charge is 2.32. The summed E-state index contributed by atoms with van der Waals surface area (Å²) in [6, 6.07) is 17.2. The molecule has 3 aromatic carbocycles. The van der Waals surface area contributed by atoms with Crippen LogP contribution < -0.4 is 38.5 Å². The molecule has 5 aromatic rings. The van der Waals surface area contributed by atoms with Crippen molar-refractivity contribution >= 4 is 51.3 Å². The number of para-hydroxylation sites is 2. The van der Waals surface area contributed by atoms with E-state index in [1.807, 2.05) is 48.5 Å². The summed E-state index contributed by atoms with van der Waals surface area (Å²) < 4.78 is 0. The van der Waals surface area contributed by atoms with Crippen molar-refractivity contribution in [3.05, 3.63) is 102 Å². The molecule has 0 saturated carbocycles. The van der Waals surface area contributed by atoms with Crippen LogP contribution >= 0.6 is 0 Å². The molecular weight excluding hydrogens is 715 g/mol. The number of nitrogens with two attached hydrogens (primary N) is 3. The Labute approximate surface area is 324 Å². The molecule has 15 heteroatoms. The van der Waals surface area contributed by atoms with E-state index in [1.54, 1.807) is 24.5 Å². The third-order valence-corrected chi connectivity index (χ3v) is 9.75. The van der Waals surface area contributed by atoms with E-state index in [2.05, 4.69) is 31.2 Å². The average molecular weight is 766 g/mol. The van der Waals surface area contributed by atoms with E-state index in [0.29, 0.717) is 19.3 Å². The van der Waals surface area contributed by atoms with Gasteiger partial charge in [0, 0.05) is 53.5 Å². The van der Waals surface area contributed by atoms with Crippen LogP contribution in [0.25, 0.3) is 21.8 Å². The summed E-state index contributed by atoms with van der Waals surface area (Å²) in [5, 5.41) is 22.4. The van der Waals surface area contributed by atoms with E-state index < -0.39 is 47.8 Å². The van der Waals surface area contributed by atoms with Gasteiger partial charge in [-0.3, -0.25) is 24.0 Å². The Bertz CT molecular complexity index is 2110. The number of amides is 5. The van der Waals surface area contributed by atoms with E-state index in [1.165, 1.54) is 12.1 Å². The average Bonchev–Trinajstić information content (AvgIpc) is 3.80. The minimum atomic E-state index is -1.18. The molecule has 0 unspecified atom stereocenters. The molecule has 5 rings (SSSR count). The lowest BCUT2D eigenvalue weighted by Gasteiger charge is -2.26. The van der Waals surface area contributed by atoms with Gasteiger partial charge in [-0.1, -0.05) is 48.5 Å². The molecule has 15 nitrogen and oxygen atoms in total. The lowest BCUT2D eigenvalue weighted by atomic mass is 10.0. The molecule has 0 bridgehead atoms. The van der Waals surface area contributed by atoms with Crippen molar-refractivity contribution in [1.82, 2.24) is 31.2 Å². The van der Waals surface area contributed by atoms with Gasteiger partial charge in [0.2, 0.25) is 29.5 Å². The number of fused-ring (bicyclic) bond motifs is 2. The van der Waals surface area contributed by atoms with Crippen LogP contribution in [0.4, 0.5) is 0 Å². The van der Waals surface area contributed by atoms with Crippen molar-refractivity contribution in [2.45, 2.75) is 75.5 Å². The lowest BCUT2D eigenvalue weighted by Crippen LogP contribution is -2.58. The molecule has 13 N–H and O–H groups in total. The first kappa shape index (κ1) is 41.0. The van der Waals surface area contributed by atoms with Crippen LogP contribution in [0.2, 0.25) is 0 Å². The zero-order valence-electron chi connectivity index (χ0n) is 31.2. The third kappa shape index (κ3) is 11.2. The quantitative estimate of drug-likeness (QED) is 0.0524. The highest BCUT2D eigenvalue weighted by atomic mass is 16.3. The number of aromatic nitrogens is 2. The van der Waals surface area contributed by atoms with Crippen LogP contribution in [0, 0.1) is 0 Å². The fraction of sp³-hybridized carbons (Fsp3) is 0.341. The lowest BCUT2D eigenvalue weighted by molar-refractivity contribution is -0.134. The number of aromatic amines is 2. The fourth-order valence-corrected chi connectivity index (χ4v) is 6.66. The molecule has 0 aliphatic heterocycles. The van der Waals surface area contributed by atoms with Crippen LogP contribution in [-0.2, 0) is 43.2 Å². The number of H-pyrrole nitrogens is 2. The van der Waals surface area contributed by atoms with Crippen molar-refractivity contribution in [3.63, 3.8) is 0 Å². The Balaban J connectivity index is 1.33. The largest absolute Gasteiger partial charge is 0.508 e. The van der Waals surface area contributed by atoms with Crippen LogP contribution in [0.1, 0.15) is 48.8 Å². The van der Waals surface area contributed by atoms with Gasteiger partial charge in [0.25, 0.3) is 0 Å². The molecule has 5 amide bonds. The molecule has 2 aromatic heterocycles. The van der Waals surface area contributed by atoms with Crippen LogP contribution in [0.3, 0.4) is 0 Å². The van der Waals surface area contributed by atoms with Crippen molar-refractivity contribution < 1.29 is 29.1 Å². The minimum absolute atomic E-state index is 0.0495. The fourth-order valence-electron chi connectivity index (χ4n) is 6.66. The molecule has 0 radical (unpaired) electrons. The predicted octanol–water partition coefficient (Wildman–Crippen LogP) is 1.68. The highest BCUT2D eigenvalue weighted by Crippen LogP contribution is 2.21. The molecule has 296 valence electrons. The number of primary amides is 1. The number of aromatic hydroxyl groups is 1. The number of carbonyl (C=O) groups excluding carboxylic acids is 5. The van der Waals surface area contributed by atoms with Gasteiger partial charge in [-0.15, -0.1) is 0 Å². The Kier molecular flexibility index (Phi) is 14.6. The van der Waals surface area contributed by atoms with E-state index in [0.717, 1.165) is 38.5 Å². The maximum Gasteiger partial charge on any atom is 0.243 e. The Hall–Kier alpha value is -6.19. The van der Waals surface area contributed by atoms with Crippen molar-refractivity contribution in [1.29, 1.82) is 0 Å².